The number of nitrogens with zero attached hydrogens (tertiary/aromatic N) is 1. The summed E-state index contributed by atoms with van der Waals surface area (Å²) in [6, 6.07) is 4.95. The second kappa shape index (κ2) is 3.50. The van der Waals surface area contributed by atoms with E-state index in [4.69, 9.17) is 10.5 Å². The summed E-state index contributed by atoms with van der Waals surface area (Å²) in [6.45, 7) is 3.90. The van der Waals surface area contributed by atoms with Crippen LogP contribution in [0.4, 0.5) is 11.4 Å². The maximum atomic E-state index is 12.4. The van der Waals surface area contributed by atoms with Crippen LogP contribution in [0.5, 0.6) is 5.75 Å². The van der Waals surface area contributed by atoms with Gasteiger partial charge in [-0.15, -0.1) is 0 Å². The molecule has 3 rings (SSSR count). The lowest BCUT2D eigenvalue weighted by Gasteiger charge is -2.22. The van der Waals surface area contributed by atoms with E-state index >= 15 is 0 Å². The third-order valence-corrected chi connectivity index (χ3v) is 4.24. The Bertz CT molecular complexity index is 570. The molecule has 1 aromatic carbocycles. The van der Waals surface area contributed by atoms with Gasteiger partial charge in [-0.1, -0.05) is 13.8 Å². The standard InChI is InChI=1S/C14H16N2O3/c1-14(2)10-11(14)13(18)16(12(10)17)8-6-7(15)4-5-9(8)19-3/h4-6,10-11H,15H2,1-3H3. The average Bonchev–Trinajstić information content (AvgIpc) is 2.80. The number of amides is 2. The number of methoxy groups -OCH3 is 1. The van der Waals surface area contributed by atoms with Crippen molar-refractivity contribution in [3.8, 4) is 5.75 Å². The number of ether oxygens (including phenoxy) is 1. The van der Waals surface area contributed by atoms with Crippen LogP contribution < -0.4 is 15.4 Å². The molecule has 2 aliphatic rings. The van der Waals surface area contributed by atoms with Crippen molar-refractivity contribution in [2.75, 3.05) is 17.7 Å². The first kappa shape index (κ1) is 12.0. The zero-order valence-electron chi connectivity index (χ0n) is 11.1. The first-order valence-corrected chi connectivity index (χ1v) is 6.21. The largest absolute Gasteiger partial charge is 0.495 e. The molecule has 1 aliphatic carbocycles. The zero-order valence-corrected chi connectivity index (χ0v) is 11.1. The minimum Gasteiger partial charge on any atom is -0.495 e. The number of anilines is 2. The molecule has 100 valence electrons. The van der Waals surface area contributed by atoms with Gasteiger partial charge in [0.15, 0.2) is 0 Å². The molecule has 0 spiro atoms. The van der Waals surface area contributed by atoms with E-state index in [0.29, 0.717) is 17.1 Å². The summed E-state index contributed by atoms with van der Waals surface area (Å²) in [5, 5.41) is 0. The first-order valence-electron chi connectivity index (χ1n) is 6.21. The van der Waals surface area contributed by atoms with Gasteiger partial charge in [0.2, 0.25) is 11.8 Å². The molecular formula is C14H16N2O3. The van der Waals surface area contributed by atoms with E-state index in [0.717, 1.165) is 0 Å². The van der Waals surface area contributed by atoms with Crippen LogP contribution in [-0.2, 0) is 9.59 Å². The van der Waals surface area contributed by atoms with Gasteiger partial charge in [-0.2, -0.15) is 0 Å². The molecule has 2 amide bonds. The lowest BCUT2D eigenvalue weighted by atomic mass is 10.0. The quantitative estimate of drug-likeness (QED) is 0.644. The van der Waals surface area contributed by atoms with E-state index in [9.17, 15) is 9.59 Å². The molecule has 5 nitrogen and oxygen atoms in total. The third kappa shape index (κ3) is 1.41. The Morgan fingerprint density at radius 2 is 1.79 bits per heavy atom. The topological polar surface area (TPSA) is 72.6 Å². The molecule has 1 aliphatic heterocycles. The highest BCUT2D eigenvalue weighted by molar-refractivity contribution is 6.26. The fourth-order valence-electron chi connectivity index (χ4n) is 3.07. The third-order valence-electron chi connectivity index (χ3n) is 4.24. The number of fused-ring (bicyclic) bond motifs is 1. The lowest BCUT2D eigenvalue weighted by Crippen LogP contribution is -2.36. The van der Waals surface area contributed by atoms with E-state index < -0.39 is 0 Å². The molecule has 2 N–H and O–H groups in total. The molecular weight excluding hydrogens is 244 g/mol. The molecule has 5 heteroatoms. The molecule has 1 heterocycles. The number of carbonyl (C=O) groups is 2. The van der Waals surface area contributed by atoms with E-state index in [1.807, 2.05) is 13.8 Å². The summed E-state index contributed by atoms with van der Waals surface area (Å²) in [5.74, 6) is -0.222. The van der Waals surface area contributed by atoms with Gasteiger partial charge in [-0.3, -0.25) is 9.59 Å². The molecule has 0 aromatic heterocycles. The summed E-state index contributed by atoms with van der Waals surface area (Å²) in [5.41, 5.74) is 6.47. The van der Waals surface area contributed by atoms with Gasteiger partial charge in [0.1, 0.15) is 5.75 Å². The summed E-state index contributed by atoms with van der Waals surface area (Å²) < 4.78 is 5.21. The molecule has 2 fully saturated rings. The summed E-state index contributed by atoms with van der Waals surface area (Å²) in [6.07, 6.45) is 0. The Morgan fingerprint density at radius 1 is 1.21 bits per heavy atom. The highest BCUT2D eigenvalue weighted by Gasteiger charge is 2.72. The van der Waals surface area contributed by atoms with Crippen molar-refractivity contribution in [2.45, 2.75) is 13.8 Å². The van der Waals surface area contributed by atoms with Crippen molar-refractivity contribution in [1.82, 2.24) is 0 Å². The predicted octanol–water partition coefficient (Wildman–Crippen LogP) is 1.42. The molecule has 1 aromatic rings. The van der Waals surface area contributed by atoms with E-state index in [1.165, 1.54) is 12.0 Å². The van der Waals surface area contributed by atoms with Crippen LogP contribution >= 0.6 is 0 Å². The van der Waals surface area contributed by atoms with Crippen LogP contribution in [0.3, 0.4) is 0 Å². The van der Waals surface area contributed by atoms with Crippen LogP contribution in [-0.4, -0.2) is 18.9 Å². The molecule has 2 atom stereocenters. The number of rotatable bonds is 2. The molecule has 1 saturated heterocycles. The molecule has 19 heavy (non-hydrogen) atoms. The molecule has 0 radical (unpaired) electrons. The fourth-order valence-corrected chi connectivity index (χ4v) is 3.07. The average molecular weight is 260 g/mol. The Labute approximate surface area is 111 Å². The summed E-state index contributed by atoms with van der Waals surface area (Å²) in [4.78, 5) is 25.9. The van der Waals surface area contributed by atoms with Crippen LogP contribution in [0.1, 0.15) is 13.8 Å². The van der Waals surface area contributed by atoms with Gasteiger partial charge < -0.3 is 10.5 Å². The second-order valence-corrected chi connectivity index (χ2v) is 5.72. The van der Waals surface area contributed by atoms with Crippen LogP contribution in [0.15, 0.2) is 18.2 Å². The number of piperidine rings is 1. The summed E-state index contributed by atoms with van der Waals surface area (Å²) in [7, 11) is 1.50. The lowest BCUT2D eigenvalue weighted by molar-refractivity contribution is -0.125. The monoisotopic (exact) mass is 260 g/mol. The number of benzene rings is 1. The number of hydrogen-bond donors (Lipinski definition) is 1. The number of hydrogen-bond acceptors (Lipinski definition) is 4. The molecule has 0 bridgehead atoms. The smallest absolute Gasteiger partial charge is 0.238 e. The highest BCUT2D eigenvalue weighted by Crippen LogP contribution is 2.64. The Hall–Kier alpha value is -2.04. The molecule has 2 unspecified atom stereocenters. The predicted molar refractivity (Wildman–Crippen MR) is 70.7 cm³/mol. The number of nitrogen functional groups attached to an aromatic ring is 1. The second-order valence-electron chi connectivity index (χ2n) is 5.72. The van der Waals surface area contributed by atoms with E-state index in [2.05, 4.69) is 0 Å². The highest BCUT2D eigenvalue weighted by atomic mass is 16.5. The molecule has 1 saturated carbocycles. The van der Waals surface area contributed by atoms with Crippen LogP contribution in [0.2, 0.25) is 0 Å². The van der Waals surface area contributed by atoms with Crippen molar-refractivity contribution in [3.05, 3.63) is 18.2 Å². The van der Waals surface area contributed by atoms with Crippen molar-refractivity contribution in [1.29, 1.82) is 0 Å². The Morgan fingerprint density at radius 3 is 2.32 bits per heavy atom. The number of carbonyl (C=O) groups excluding carboxylic acids is 2. The summed E-state index contributed by atoms with van der Waals surface area (Å²) >= 11 is 0. The minimum absolute atomic E-state index is 0.149. The Kier molecular flexibility index (Phi) is 2.21. The minimum atomic E-state index is -0.210. The van der Waals surface area contributed by atoms with Crippen LogP contribution in [0, 0.1) is 17.3 Å². The van der Waals surface area contributed by atoms with Gasteiger partial charge in [0, 0.05) is 5.69 Å². The SMILES string of the molecule is COc1ccc(N)cc1N1C(=O)C2C(C1=O)C2(C)C. The van der Waals surface area contributed by atoms with Gasteiger partial charge in [0.05, 0.1) is 24.6 Å². The maximum Gasteiger partial charge on any atom is 0.238 e. The van der Waals surface area contributed by atoms with Gasteiger partial charge >= 0.3 is 0 Å². The maximum absolute atomic E-state index is 12.4. The van der Waals surface area contributed by atoms with Gasteiger partial charge in [-0.05, 0) is 23.6 Å². The van der Waals surface area contributed by atoms with Crippen molar-refractivity contribution in [3.63, 3.8) is 0 Å². The fraction of sp³-hybridized carbons (Fsp3) is 0.429. The van der Waals surface area contributed by atoms with E-state index in [-0.39, 0.29) is 29.1 Å². The van der Waals surface area contributed by atoms with Gasteiger partial charge in [0.25, 0.3) is 0 Å². The van der Waals surface area contributed by atoms with Crippen LogP contribution in [0.25, 0.3) is 0 Å². The van der Waals surface area contributed by atoms with Crippen molar-refractivity contribution >= 4 is 23.2 Å². The first-order chi connectivity index (χ1) is 8.89. The van der Waals surface area contributed by atoms with Gasteiger partial charge in [-0.25, -0.2) is 4.90 Å². The number of imide groups is 1. The normalized spacial score (nSPS) is 27.4. The Balaban J connectivity index is 2.04. The van der Waals surface area contributed by atoms with Crippen molar-refractivity contribution in [2.24, 2.45) is 17.3 Å². The van der Waals surface area contributed by atoms with Crippen molar-refractivity contribution < 1.29 is 14.3 Å². The zero-order chi connectivity index (χ0) is 13.9. The number of nitrogens with two attached hydrogens (primary N) is 1. The van der Waals surface area contributed by atoms with E-state index in [1.54, 1.807) is 18.2 Å².